The summed E-state index contributed by atoms with van der Waals surface area (Å²) in [5.74, 6) is -0.251. The van der Waals surface area contributed by atoms with E-state index in [0.29, 0.717) is 6.61 Å². The Morgan fingerprint density at radius 1 is 1.24 bits per heavy atom. The van der Waals surface area contributed by atoms with Crippen molar-refractivity contribution in [1.29, 1.82) is 0 Å². The lowest BCUT2D eigenvalue weighted by Gasteiger charge is -2.40. The van der Waals surface area contributed by atoms with Crippen LogP contribution in [0, 0.1) is 5.92 Å². The van der Waals surface area contributed by atoms with Crippen molar-refractivity contribution in [1.82, 2.24) is 0 Å². The van der Waals surface area contributed by atoms with Crippen LogP contribution in [0.25, 0.3) is 0 Å². The Labute approximate surface area is 149 Å². The maximum Gasteiger partial charge on any atom is 0.180 e. The van der Waals surface area contributed by atoms with E-state index in [1.165, 1.54) is 12.2 Å². The molecule has 0 saturated heterocycles. The smallest absolute Gasteiger partial charge is 0.180 e. The first-order valence-electron chi connectivity index (χ1n) is 8.53. The van der Waals surface area contributed by atoms with Gasteiger partial charge in [-0.3, -0.25) is 4.79 Å². The predicted octanol–water partition coefficient (Wildman–Crippen LogP) is 3.70. The van der Waals surface area contributed by atoms with Crippen LogP contribution < -0.4 is 4.90 Å². The number of allylic oxidation sites excluding steroid dienone is 3. The van der Waals surface area contributed by atoms with Gasteiger partial charge in [0.2, 0.25) is 0 Å². The Morgan fingerprint density at radius 2 is 1.92 bits per heavy atom. The van der Waals surface area contributed by atoms with Crippen LogP contribution in [0.3, 0.4) is 0 Å². The quantitative estimate of drug-likeness (QED) is 0.282. The largest absolute Gasteiger partial charge is 0.348 e. The summed E-state index contributed by atoms with van der Waals surface area (Å²) in [5, 5.41) is 0. The van der Waals surface area contributed by atoms with E-state index in [1.807, 2.05) is 48.4 Å². The minimum atomic E-state index is -0.880. The number of likely N-dealkylation sites (N-methyl/N-ethyl adjacent to an activating group) is 1. The van der Waals surface area contributed by atoms with Crippen molar-refractivity contribution in [2.45, 2.75) is 25.0 Å². The standard InChI is InChI=1S/C21H25NO3/c1-3-4-6-9-18(16-23)17-25-21(14-12-20(24)13-15-21)22(2)19-10-7-5-8-11-19/h3,5,7-8,10-16,18H,1,4,6,9,17H2,2H3. The van der Waals surface area contributed by atoms with Gasteiger partial charge < -0.3 is 14.4 Å². The van der Waals surface area contributed by atoms with E-state index < -0.39 is 5.72 Å². The van der Waals surface area contributed by atoms with Gasteiger partial charge in [-0.15, -0.1) is 6.58 Å². The molecule has 0 spiro atoms. The van der Waals surface area contributed by atoms with Gasteiger partial charge in [-0.25, -0.2) is 0 Å². The van der Waals surface area contributed by atoms with Crippen molar-refractivity contribution in [3.8, 4) is 0 Å². The molecular weight excluding hydrogens is 314 g/mol. The van der Waals surface area contributed by atoms with Crippen LogP contribution in [0.5, 0.6) is 0 Å². The van der Waals surface area contributed by atoms with Gasteiger partial charge in [0.25, 0.3) is 0 Å². The van der Waals surface area contributed by atoms with Crippen molar-refractivity contribution in [3.63, 3.8) is 0 Å². The second kappa shape index (κ2) is 9.14. The van der Waals surface area contributed by atoms with E-state index in [0.717, 1.165) is 31.2 Å². The number of unbranched alkanes of at least 4 members (excludes halogenated alkanes) is 1. The molecule has 1 atom stereocenters. The molecule has 1 unspecified atom stereocenters. The van der Waals surface area contributed by atoms with Gasteiger partial charge in [0.1, 0.15) is 6.29 Å². The summed E-state index contributed by atoms with van der Waals surface area (Å²) in [5.41, 5.74) is 0.0788. The summed E-state index contributed by atoms with van der Waals surface area (Å²) in [4.78, 5) is 24.9. The zero-order valence-electron chi connectivity index (χ0n) is 14.6. The monoisotopic (exact) mass is 339 g/mol. The lowest BCUT2D eigenvalue weighted by molar-refractivity contribution is -0.115. The number of hydrogen-bond acceptors (Lipinski definition) is 4. The summed E-state index contributed by atoms with van der Waals surface area (Å²) in [6.45, 7) is 3.99. The van der Waals surface area contributed by atoms with Gasteiger partial charge in [0.15, 0.2) is 11.5 Å². The molecule has 25 heavy (non-hydrogen) atoms. The average molecular weight is 339 g/mol. The molecule has 0 amide bonds. The highest BCUT2D eigenvalue weighted by Gasteiger charge is 2.33. The van der Waals surface area contributed by atoms with Crippen molar-refractivity contribution in [3.05, 3.63) is 67.3 Å². The van der Waals surface area contributed by atoms with Crippen LogP contribution in [-0.2, 0) is 14.3 Å². The second-order valence-corrected chi connectivity index (χ2v) is 6.14. The fourth-order valence-corrected chi connectivity index (χ4v) is 2.74. The molecule has 1 aliphatic carbocycles. The number of ether oxygens (including phenoxy) is 1. The third-order valence-electron chi connectivity index (χ3n) is 4.34. The summed E-state index contributed by atoms with van der Waals surface area (Å²) in [6.07, 6.45) is 11.8. The highest BCUT2D eigenvalue weighted by Crippen LogP contribution is 2.29. The topological polar surface area (TPSA) is 46.6 Å². The molecule has 0 N–H and O–H groups in total. The van der Waals surface area contributed by atoms with Gasteiger partial charge in [-0.05, 0) is 55.7 Å². The third-order valence-corrected chi connectivity index (χ3v) is 4.34. The molecule has 0 heterocycles. The predicted molar refractivity (Wildman–Crippen MR) is 100 cm³/mol. The fourth-order valence-electron chi connectivity index (χ4n) is 2.74. The zero-order chi connectivity index (χ0) is 18.1. The van der Waals surface area contributed by atoms with Gasteiger partial charge in [0, 0.05) is 18.7 Å². The van der Waals surface area contributed by atoms with E-state index >= 15 is 0 Å². The van der Waals surface area contributed by atoms with Gasteiger partial charge in [0.05, 0.1) is 6.61 Å². The van der Waals surface area contributed by atoms with E-state index in [4.69, 9.17) is 4.74 Å². The Kier molecular flexibility index (Phi) is 6.90. The Bertz CT molecular complexity index is 632. The number of aldehydes is 1. The molecule has 132 valence electrons. The SMILES string of the molecule is C=CCCCC(C=O)COC1(N(C)c2ccccc2)C=CC(=O)C=C1. The normalized spacial score (nSPS) is 16.4. The number of rotatable bonds is 10. The second-order valence-electron chi connectivity index (χ2n) is 6.14. The minimum absolute atomic E-state index is 0.0707. The molecule has 1 aliphatic rings. The van der Waals surface area contributed by atoms with Crippen LogP contribution in [0.2, 0.25) is 0 Å². The van der Waals surface area contributed by atoms with Crippen molar-refractivity contribution in [2.24, 2.45) is 5.92 Å². The van der Waals surface area contributed by atoms with E-state index in [2.05, 4.69) is 6.58 Å². The maximum atomic E-state index is 11.6. The van der Waals surface area contributed by atoms with E-state index in [9.17, 15) is 9.59 Å². The Hall–Kier alpha value is -2.46. The highest BCUT2D eigenvalue weighted by atomic mass is 16.5. The number of carbonyl (C=O) groups excluding carboxylic acids is 2. The maximum absolute atomic E-state index is 11.6. The molecular formula is C21H25NO3. The lowest BCUT2D eigenvalue weighted by atomic mass is 10.0. The molecule has 0 bridgehead atoms. The highest BCUT2D eigenvalue weighted by molar-refractivity contribution is 6.00. The molecule has 4 heteroatoms. The van der Waals surface area contributed by atoms with Crippen molar-refractivity contribution < 1.29 is 14.3 Å². The average Bonchev–Trinajstić information content (AvgIpc) is 2.66. The Balaban J connectivity index is 2.15. The Morgan fingerprint density at radius 3 is 2.52 bits per heavy atom. The van der Waals surface area contributed by atoms with Crippen LogP contribution in [0.1, 0.15) is 19.3 Å². The van der Waals surface area contributed by atoms with Crippen LogP contribution >= 0.6 is 0 Å². The molecule has 0 aliphatic heterocycles. The molecule has 0 radical (unpaired) electrons. The van der Waals surface area contributed by atoms with E-state index in [-0.39, 0.29) is 11.7 Å². The number of anilines is 1. The van der Waals surface area contributed by atoms with Crippen LogP contribution in [0.4, 0.5) is 5.69 Å². The number of benzene rings is 1. The molecule has 0 aromatic heterocycles. The summed E-state index contributed by atoms with van der Waals surface area (Å²) < 4.78 is 6.16. The number of carbonyl (C=O) groups is 2. The first-order valence-corrected chi connectivity index (χ1v) is 8.53. The van der Waals surface area contributed by atoms with Crippen LogP contribution in [0.15, 0.2) is 67.3 Å². The molecule has 2 rings (SSSR count). The number of hydrogen-bond donors (Lipinski definition) is 0. The number of para-hydroxylation sites is 1. The van der Waals surface area contributed by atoms with Gasteiger partial charge in [-0.2, -0.15) is 0 Å². The van der Waals surface area contributed by atoms with Gasteiger partial charge in [-0.1, -0.05) is 24.3 Å². The number of nitrogens with zero attached hydrogens (tertiary/aromatic N) is 1. The molecule has 1 aromatic rings. The van der Waals surface area contributed by atoms with E-state index in [1.54, 1.807) is 12.2 Å². The zero-order valence-corrected chi connectivity index (χ0v) is 14.6. The molecule has 0 saturated carbocycles. The summed E-state index contributed by atoms with van der Waals surface area (Å²) in [7, 11) is 1.91. The third kappa shape index (κ3) is 5.00. The number of ketones is 1. The van der Waals surface area contributed by atoms with Gasteiger partial charge >= 0.3 is 0 Å². The first-order chi connectivity index (χ1) is 12.1. The van der Waals surface area contributed by atoms with Crippen LogP contribution in [-0.4, -0.2) is 31.4 Å². The van der Waals surface area contributed by atoms with Crippen molar-refractivity contribution in [2.75, 3.05) is 18.6 Å². The summed E-state index contributed by atoms with van der Waals surface area (Å²) in [6, 6.07) is 9.80. The fraction of sp³-hybridized carbons (Fsp3) is 0.333. The molecule has 0 fully saturated rings. The summed E-state index contributed by atoms with van der Waals surface area (Å²) >= 11 is 0. The molecule has 4 nitrogen and oxygen atoms in total. The first kappa shape index (κ1) is 18.9. The minimum Gasteiger partial charge on any atom is -0.348 e. The lowest BCUT2D eigenvalue weighted by Crippen LogP contribution is -2.48. The van der Waals surface area contributed by atoms with Crippen molar-refractivity contribution >= 4 is 17.8 Å². The molecule has 1 aromatic carbocycles.